The maximum absolute atomic E-state index is 12.5. The molecular weight excluding hydrogens is 507 g/mol. The number of nitrogens with zero attached hydrogens (tertiary/aromatic N) is 1. The molecule has 0 spiro atoms. The van der Waals surface area contributed by atoms with Crippen LogP contribution in [0, 0.1) is 0 Å². The van der Waals surface area contributed by atoms with E-state index in [1.54, 1.807) is 36.4 Å². The molecule has 9 heteroatoms. The average Bonchev–Trinajstić information content (AvgIpc) is 2.83. The van der Waals surface area contributed by atoms with Crippen LogP contribution in [0.1, 0.15) is 34.8 Å². The standard InChI is InChI=1S/C26H28Cl2N2O4S/c1-3-4-19-7-12-23(13-8-19)34-16-15-29-26(31)21-9-5-20(6-10-21)18-30(35(2,32)33)25-17-22(27)11-14-24(25)28/h5-14,17H,3-4,15-16,18H2,1-2H3,(H,29,31). The molecule has 0 unspecified atom stereocenters. The van der Waals surface area contributed by atoms with Gasteiger partial charge in [-0.3, -0.25) is 9.10 Å². The predicted molar refractivity (Wildman–Crippen MR) is 142 cm³/mol. The lowest BCUT2D eigenvalue weighted by Gasteiger charge is -2.24. The van der Waals surface area contributed by atoms with Crippen LogP contribution in [-0.2, 0) is 23.0 Å². The predicted octanol–water partition coefficient (Wildman–Crippen LogP) is 5.72. The minimum absolute atomic E-state index is 0.0473. The summed E-state index contributed by atoms with van der Waals surface area (Å²) < 4.78 is 31.7. The van der Waals surface area contributed by atoms with E-state index < -0.39 is 10.0 Å². The van der Waals surface area contributed by atoms with Crippen LogP contribution in [0.4, 0.5) is 5.69 Å². The normalized spacial score (nSPS) is 11.2. The number of hydrogen-bond acceptors (Lipinski definition) is 4. The van der Waals surface area contributed by atoms with Gasteiger partial charge < -0.3 is 10.1 Å². The Kier molecular flexibility index (Phi) is 9.43. The summed E-state index contributed by atoms with van der Waals surface area (Å²) in [5.74, 6) is 0.523. The lowest BCUT2D eigenvalue weighted by atomic mass is 10.1. The molecule has 6 nitrogen and oxygen atoms in total. The first kappa shape index (κ1) is 26.9. The number of benzene rings is 3. The fourth-order valence-electron chi connectivity index (χ4n) is 3.46. The molecule has 0 bridgehead atoms. The Hall–Kier alpha value is -2.74. The number of hydrogen-bond donors (Lipinski definition) is 1. The third-order valence-corrected chi connectivity index (χ3v) is 6.92. The zero-order valence-electron chi connectivity index (χ0n) is 19.6. The number of sulfonamides is 1. The van der Waals surface area contributed by atoms with Crippen molar-refractivity contribution < 1.29 is 17.9 Å². The van der Waals surface area contributed by atoms with Gasteiger partial charge in [0.2, 0.25) is 10.0 Å². The van der Waals surface area contributed by atoms with Crippen molar-refractivity contribution in [1.82, 2.24) is 5.32 Å². The Morgan fingerprint density at radius 1 is 0.971 bits per heavy atom. The fourth-order valence-corrected chi connectivity index (χ4v) is 4.79. The zero-order chi connectivity index (χ0) is 25.4. The molecule has 0 atom stereocenters. The molecule has 0 saturated heterocycles. The molecule has 35 heavy (non-hydrogen) atoms. The smallest absolute Gasteiger partial charge is 0.251 e. The van der Waals surface area contributed by atoms with E-state index >= 15 is 0 Å². The second-order valence-electron chi connectivity index (χ2n) is 8.06. The van der Waals surface area contributed by atoms with Crippen LogP contribution in [0.15, 0.2) is 66.7 Å². The molecule has 186 valence electrons. The summed E-state index contributed by atoms with van der Waals surface area (Å²) >= 11 is 12.3. The molecule has 3 rings (SSSR count). The van der Waals surface area contributed by atoms with Crippen molar-refractivity contribution in [1.29, 1.82) is 0 Å². The van der Waals surface area contributed by atoms with Crippen LogP contribution in [0.25, 0.3) is 0 Å². The van der Waals surface area contributed by atoms with Gasteiger partial charge in [0.15, 0.2) is 0 Å². The average molecular weight is 535 g/mol. The first-order valence-electron chi connectivity index (χ1n) is 11.2. The fraction of sp³-hybridized carbons (Fsp3) is 0.269. The third kappa shape index (κ3) is 7.88. The highest BCUT2D eigenvalue weighted by molar-refractivity contribution is 7.92. The molecule has 0 fully saturated rings. The van der Waals surface area contributed by atoms with Crippen molar-refractivity contribution in [2.75, 3.05) is 23.7 Å². The summed E-state index contributed by atoms with van der Waals surface area (Å²) in [5.41, 5.74) is 2.72. The summed E-state index contributed by atoms with van der Waals surface area (Å²) in [5, 5.41) is 3.47. The molecule has 0 aliphatic carbocycles. The topological polar surface area (TPSA) is 75.7 Å². The van der Waals surface area contributed by atoms with Crippen molar-refractivity contribution in [2.24, 2.45) is 0 Å². The van der Waals surface area contributed by atoms with E-state index in [0.717, 1.165) is 24.8 Å². The molecular formula is C26H28Cl2N2O4S. The first-order chi connectivity index (χ1) is 16.7. The highest BCUT2D eigenvalue weighted by atomic mass is 35.5. The van der Waals surface area contributed by atoms with Gasteiger partial charge in [0.05, 0.1) is 30.1 Å². The number of rotatable bonds is 11. The molecule has 0 aliphatic rings. The van der Waals surface area contributed by atoms with Gasteiger partial charge in [-0.15, -0.1) is 0 Å². The van der Waals surface area contributed by atoms with Gasteiger partial charge in [-0.1, -0.05) is 60.8 Å². The van der Waals surface area contributed by atoms with Crippen molar-refractivity contribution in [3.8, 4) is 5.75 Å². The highest BCUT2D eigenvalue weighted by Crippen LogP contribution is 2.31. The van der Waals surface area contributed by atoms with Crippen molar-refractivity contribution in [3.05, 3.63) is 93.5 Å². The van der Waals surface area contributed by atoms with Crippen LogP contribution < -0.4 is 14.4 Å². The maximum atomic E-state index is 12.5. The molecule has 3 aromatic rings. The first-order valence-corrected chi connectivity index (χ1v) is 13.8. The largest absolute Gasteiger partial charge is 0.492 e. The minimum atomic E-state index is -3.63. The molecule has 3 aromatic carbocycles. The van der Waals surface area contributed by atoms with E-state index in [0.29, 0.717) is 35.0 Å². The van der Waals surface area contributed by atoms with E-state index in [-0.39, 0.29) is 17.5 Å². The van der Waals surface area contributed by atoms with Gasteiger partial charge in [0.1, 0.15) is 12.4 Å². The Labute approximate surface area is 216 Å². The second kappa shape index (κ2) is 12.3. The number of aryl methyl sites for hydroxylation is 1. The minimum Gasteiger partial charge on any atom is -0.492 e. The van der Waals surface area contributed by atoms with Crippen LogP contribution in [0.2, 0.25) is 10.0 Å². The molecule has 0 saturated carbocycles. The number of halogens is 2. The molecule has 0 heterocycles. The van der Waals surface area contributed by atoms with Crippen LogP contribution in [-0.4, -0.2) is 33.7 Å². The maximum Gasteiger partial charge on any atom is 0.251 e. The molecule has 1 amide bonds. The summed E-state index contributed by atoms with van der Waals surface area (Å²) in [6.45, 7) is 2.89. The lowest BCUT2D eigenvalue weighted by molar-refractivity contribution is 0.0947. The quantitative estimate of drug-likeness (QED) is 0.319. The Bertz CT molecular complexity index is 1250. The van der Waals surface area contributed by atoms with Gasteiger partial charge in [0, 0.05) is 10.6 Å². The third-order valence-electron chi connectivity index (χ3n) is 5.24. The van der Waals surface area contributed by atoms with Gasteiger partial charge in [-0.2, -0.15) is 0 Å². The van der Waals surface area contributed by atoms with E-state index in [9.17, 15) is 13.2 Å². The van der Waals surface area contributed by atoms with Crippen LogP contribution >= 0.6 is 23.2 Å². The number of nitrogens with one attached hydrogen (secondary N) is 1. The van der Waals surface area contributed by atoms with Crippen LogP contribution in [0.3, 0.4) is 0 Å². The van der Waals surface area contributed by atoms with Gasteiger partial charge in [-0.25, -0.2) is 8.42 Å². The number of anilines is 1. The second-order valence-corrected chi connectivity index (χ2v) is 10.8. The Balaban J connectivity index is 1.56. The summed E-state index contributed by atoms with van der Waals surface area (Å²) in [4.78, 5) is 12.5. The molecule has 0 radical (unpaired) electrons. The number of ether oxygens (including phenoxy) is 1. The van der Waals surface area contributed by atoms with Crippen molar-refractivity contribution in [3.63, 3.8) is 0 Å². The Morgan fingerprint density at radius 3 is 2.26 bits per heavy atom. The summed E-state index contributed by atoms with van der Waals surface area (Å²) in [6.07, 6.45) is 3.24. The SMILES string of the molecule is CCCc1ccc(OCCNC(=O)c2ccc(CN(c3cc(Cl)ccc3Cl)S(C)(=O)=O)cc2)cc1. The number of carbonyl (C=O) groups excluding carboxylic acids is 1. The van der Waals surface area contributed by atoms with E-state index in [4.69, 9.17) is 27.9 Å². The van der Waals surface area contributed by atoms with Crippen LogP contribution in [0.5, 0.6) is 5.75 Å². The van der Waals surface area contributed by atoms with E-state index in [1.165, 1.54) is 15.9 Å². The monoisotopic (exact) mass is 534 g/mol. The molecule has 0 aromatic heterocycles. The van der Waals surface area contributed by atoms with Gasteiger partial charge >= 0.3 is 0 Å². The zero-order valence-corrected chi connectivity index (χ0v) is 22.0. The number of carbonyl (C=O) groups is 1. The highest BCUT2D eigenvalue weighted by Gasteiger charge is 2.21. The molecule has 0 aliphatic heterocycles. The van der Waals surface area contributed by atoms with E-state index in [2.05, 4.69) is 12.2 Å². The Morgan fingerprint density at radius 2 is 1.63 bits per heavy atom. The van der Waals surface area contributed by atoms with E-state index in [1.807, 2.05) is 24.3 Å². The van der Waals surface area contributed by atoms with Gasteiger partial charge in [-0.05, 0) is 60.0 Å². The van der Waals surface area contributed by atoms with Crippen molar-refractivity contribution >= 4 is 44.8 Å². The molecule has 1 N–H and O–H groups in total. The number of amides is 1. The lowest BCUT2D eigenvalue weighted by Crippen LogP contribution is -2.30. The summed E-state index contributed by atoms with van der Waals surface area (Å²) in [6, 6.07) is 19.3. The van der Waals surface area contributed by atoms with Crippen molar-refractivity contribution in [2.45, 2.75) is 26.3 Å². The van der Waals surface area contributed by atoms with Gasteiger partial charge in [0.25, 0.3) is 5.91 Å². The summed E-state index contributed by atoms with van der Waals surface area (Å²) in [7, 11) is -3.63.